The van der Waals surface area contributed by atoms with Gasteiger partial charge in [0.05, 0.1) is 5.69 Å². The molecule has 2 aromatic carbocycles. The molecular weight excluding hydrogens is 290 g/mol. The monoisotopic (exact) mass is 319 g/mol. The Labute approximate surface area is 147 Å². The van der Waals surface area contributed by atoms with Gasteiger partial charge in [0.2, 0.25) is 0 Å². The van der Waals surface area contributed by atoms with Crippen LogP contribution < -0.4 is 0 Å². The first-order valence-corrected chi connectivity index (χ1v) is 9.15. The minimum atomic E-state index is 1.02. The zero-order valence-electron chi connectivity index (χ0n) is 15.0. The van der Waals surface area contributed by atoms with Crippen LogP contribution in [0.5, 0.6) is 0 Å². The molecule has 0 saturated carbocycles. The van der Waals surface area contributed by atoms with Gasteiger partial charge in [-0.25, -0.2) is 0 Å². The Kier molecular flexibility index (Phi) is 8.03. The van der Waals surface area contributed by atoms with Crippen molar-refractivity contribution in [2.75, 3.05) is 0 Å². The number of hydrogen-bond donors (Lipinski definition) is 0. The van der Waals surface area contributed by atoms with E-state index in [0.717, 1.165) is 24.1 Å². The lowest BCUT2D eigenvalue weighted by atomic mass is 10.1. The molecule has 0 radical (unpaired) electrons. The van der Waals surface area contributed by atoms with E-state index >= 15 is 0 Å². The average molecular weight is 319 g/mol. The highest BCUT2D eigenvalue weighted by atomic mass is 14.7. The summed E-state index contributed by atoms with van der Waals surface area (Å²) in [4.78, 5) is 4.58. The van der Waals surface area contributed by atoms with Crippen molar-refractivity contribution >= 4 is 11.9 Å². The number of allylic oxidation sites excluding steroid dienone is 2. The summed E-state index contributed by atoms with van der Waals surface area (Å²) in [5.74, 6) is 0. The highest BCUT2D eigenvalue weighted by Crippen LogP contribution is 2.15. The number of aryl methyl sites for hydroxylation is 2. The first-order chi connectivity index (χ1) is 11.8. The molecule has 0 aromatic heterocycles. The summed E-state index contributed by atoms with van der Waals surface area (Å²) in [6.45, 7) is 4.31. The normalized spacial score (nSPS) is 11.6. The fraction of sp³-hybridized carbons (Fsp3) is 0.348. The Balaban J connectivity index is 1.88. The van der Waals surface area contributed by atoms with Gasteiger partial charge in [-0.15, -0.1) is 0 Å². The van der Waals surface area contributed by atoms with Crippen molar-refractivity contribution in [3.63, 3.8) is 0 Å². The van der Waals surface area contributed by atoms with Gasteiger partial charge in [-0.1, -0.05) is 68.3 Å². The summed E-state index contributed by atoms with van der Waals surface area (Å²) in [5, 5.41) is 0. The Bertz CT molecular complexity index is 633. The molecular formula is C23H29N. The number of rotatable bonds is 9. The molecule has 0 N–H and O–H groups in total. The summed E-state index contributed by atoms with van der Waals surface area (Å²) in [5.41, 5.74) is 4.96. The Morgan fingerprint density at radius 3 is 2.17 bits per heavy atom. The van der Waals surface area contributed by atoms with Crippen LogP contribution in [0.2, 0.25) is 0 Å². The lowest BCUT2D eigenvalue weighted by Crippen LogP contribution is -1.86. The summed E-state index contributed by atoms with van der Waals surface area (Å²) in [7, 11) is 0. The molecule has 0 saturated heterocycles. The van der Waals surface area contributed by atoms with E-state index in [9.17, 15) is 0 Å². The average Bonchev–Trinajstić information content (AvgIpc) is 2.63. The SMILES string of the molecule is C/C=C/CCc1ccc(C=Nc2ccc(CCCCC)cc2)cc1. The maximum atomic E-state index is 4.58. The van der Waals surface area contributed by atoms with Gasteiger partial charge >= 0.3 is 0 Å². The van der Waals surface area contributed by atoms with Crippen LogP contribution in [0.3, 0.4) is 0 Å². The van der Waals surface area contributed by atoms with Gasteiger partial charge in [-0.3, -0.25) is 4.99 Å². The van der Waals surface area contributed by atoms with Crippen molar-refractivity contribution in [1.29, 1.82) is 0 Å². The summed E-state index contributed by atoms with van der Waals surface area (Å²) < 4.78 is 0. The number of aliphatic imine (C=N–C) groups is 1. The summed E-state index contributed by atoms with van der Waals surface area (Å²) in [6.07, 6.45) is 13.5. The molecule has 0 bridgehead atoms. The van der Waals surface area contributed by atoms with Gasteiger partial charge in [0.25, 0.3) is 0 Å². The molecule has 1 nitrogen and oxygen atoms in total. The predicted octanol–water partition coefficient (Wildman–Crippen LogP) is 6.68. The van der Waals surface area contributed by atoms with E-state index in [4.69, 9.17) is 0 Å². The molecule has 2 rings (SSSR count). The predicted molar refractivity (Wildman–Crippen MR) is 107 cm³/mol. The highest BCUT2D eigenvalue weighted by Gasteiger charge is 1.95. The molecule has 0 fully saturated rings. The molecule has 0 aliphatic heterocycles. The maximum absolute atomic E-state index is 4.58. The maximum Gasteiger partial charge on any atom is 0.0630 e. The fourth-order valence-corrected chi connectivity index (χ4v) is 2.66. The van der Waals surface area contributed by atoms with Gasteiger partial charge < -0.3 is 0 Å². The van der Waals surface area contributed by atoms with E-state index in [1.54, 1.807) is 0 Å². The van der Waals surface area contributed by atoms with Gasteiger partial charge in [0.15, 0.2) is 0 Å². The largest absolute Gasteiger partial charge is 0.256 e. The third-order valence-corrected chi connectivity index (χ3v) is 4.18. The minimum absolute atomic E-state index is 1.02. The van der Waals surface area contributed by atoms with Crippen LogP contribution in [0.1, 0.15) is 56.2 Å². The van der Waals surface area contributed by atoms with Crippen molar-refractivity contribution in [1.82, 2.24) is 0 Å². The van der Waals surface area contributed by atoms with Crippen molar-refractivity contribution < 1.29 is 0 Å². The van der Waals surface area contributed by atoms with Crippen LogP contribution in [-0.2, 0) is 12.8 Å². The number of benzene rings is 2. The van der Waals surface area contributed by atoms with E-state index in [0.29, 0.717) is 0 Å². The second-order valence-electron chi connectivity index (χ2n) is 6.23. The minimum Gasteiger partial charge on any atom is -0.256 e. The highest BCUT2D eigenvalue weighted by molar-refractivity contribution is 5.81. The van der Waals surface area contributed by atoms with Crippen molar-refractivity contribution in [3.8, 4) is 0 Å². The van der Waals surface area contributed by atoms with Gasteiger partial charge in [0.1, 0.15) is 0 Å². The van der Waals surface area contributed by atoms with Crippen LogP contribution in [0.25, 0.3) is 0 Å². The van der Waals surface area contributed by atoms with Crippen LogP contribution in [0.15, 0.2) is 65.7 Å². The number of hydrogen-bond acceptors (Lipinski definition) is 1. The molecule has 0 heterocycles. The van der Waals surface area contributed by atoms with E-state index < -0.39 is 0 Å². The van der Waals surface area contributed by atoms with Gasteiger partial charge in [0, 0.05) is 6.21 Å². The van der Waals surface area contributed by atoms with E-state index in [1.165, 1.54) is 36.8 Å². The van der Waals surface area contributed by atoms with Crippen molar-refractivity contribution in [2.24, 2.45) is 4.99 Å². The standard InChI is InChI=1S/C23H29N/c1-3-5-7-9-20-11-13-22(14-12-20)19-24-23-17-15-21(16-18-23)10-8-6-4-2/h3,5,11-19H,4,6-10H2,1-2H3/b5-3+,24-19?. The molecule has 0 spiro atoms. The third-order valence-electron chi connectivity index (χ3n) is 4.18. The molecule has 0 unspecified atom stereocenters. The zero-order valence-corrected chi connectivity index (χ0v) is 15.0. The van der Waals surface area contributed by atoms with Gasteiger partial charge in [-0.05, 0) is 61.4 Å². The molecule has 0 atom stereocenters. The Morgan fingerprint density at radius 1 is 0.833 bits per heavy atom. The number of unbranched alkanes of at least 4 members (excludes halogenated alkanes) is 2. The molecule has 0 aliphatic carbocycles. The molecule has 2 aromatic rings. The summed E-state index contributed by atoms with van der Waals surface area (Å²) >= 11 is 0. The molecule has 126 valence electrons. The van der Waals surface area contributed by atoms with Crippen LogP contribution in [0, 0.1) is 0 Å². The number of nitrogens with zero attached hydrogens (tertiary/aromatic N) is 1. The first kappa shape index (κ1) is 18.2. The van der Waals surface area contributed by atoms with Crippen molar-refractivity contribution in [3.05, 3.63) is 77.4 Å². The van der Waals surface area contributed by atoms with Gasteiger partial charge in [-0.2, -0.15) is 0 Å². The topological polar surface area (TPSA) is 12.4 Å². The second kappa shape index (κ2) is 10.6. The Hall–Kier alpha value is -2.15. The van der Waals surface area contributed by atoms with Crippen LogP contribution >= 0.6 is 0 Å². The second-order valence-corrected chi connectivity index (χ2v) is 6.23. The van der Waals surface area contributed by atoms with E-state index in [2.05, 4.69) is 79.5 Å². The zero-order chi connectivity index (χ0) is 17.0. The molecule has 1 heteroatoms. The Morgan fingerprint density at radius 2 is 1.50 bits per heavy atom. The fourth-order valence-electron chi connectivity index (χ4n) is 2.66. The third kappa shape index (κ3) is 6.54. The van der Waals surface area contributed by atoms with Crippen LogP contribution in [0.4, 0.5) is 5.69 Å². The lowest BCUT2D eigenvalue weighted by molar-refractivity contribution is 0.717. The summed E-state index contributed by atoms with van der Waals surface area (Å²) in [6, 6.07) is 17.3. The lowest BCUT2D eigenvalue weighted by Gasteiger charge is -2.02. The first-order valence-electron chi connectivity index (χ1n) is 9.15. The molecule has 0 aliphatic rings. The van der Waals surface area contributed by atoms with E-state index in [1.807, 2.05) is 6.21 Å². The van der Waals surface area contributed by atoms with E-state index in [-0.39, 0.29) is 0 Å². The molecule has 24 heavy (non-hydrogen) atoms. The molecule has 0 amide bonds. The quantitative estimate of drug-likeness (QED) is 0.278. The van der Waals surface area contributed by atoms with Crippen LogP contribution in [-0.4, -0.2) is 6.21 Å². The smallest absolute Gasteiger partial charge is 0.0630 e. The van der Waals surface area contributed by atoms with Crippen molar-refractivity contribution in [2.45, 2.75) is 52.4 Å².